The Morgan fingerprint density at radius 2 is 1.94 bits per heavy atom. The third kappa shape index (κ3) is 6.43. The maximum absolute atomic E-state index is 9.80. The Kier molecular flexibility index (Phi) is 12.7. The summed E-state index contributed by atoms with van der Waals surface area (Å²) in [5, 5.41) is 19.5. The molecule has 0 aromatic carbocycles. The maximum atomic E-state index is 9.80. The molecule has 18 heavy (non-hydrogen) atoms. The standard InChI is InChI=1S/C12H19O3.2H2O.Po/c1-3-5-6-15-11-8-9(4-2)7-10(13)12(11)14;;;/h1,9-14H,2,4-8H2;2*1H2;/t9-,10+,11+,12+;;;/m1.../s1. The van der Waals surface area contributed by atoms with E-state index in [1.54, 1.807) is 25.1 Å². The van der Waals surface area contributed by atoms with Gasteiger partial charge < -0.3 is 11.0 Å². The van der Waals surface area contributed by atoms with Crippen molar-refractivity contribution < 1.29 is 25.9 Å². The molecule has 0 aliphatic heterocycles. The molecule has 6 heteroatoms. The van der Waals surface area contributed by atoms with Crippen molar-refractivity contribution in [1.82, 2.24) is 0 Å². The molecule has 6 N–H and O–H groups in total. The maximum Gasteiger partial charge on any atom is -0.412 e. The fourth-order valence-corrected chi connectivity index (χ4v) is 3.43. The normalized spacial score (nSPS) is 30.8. The van der Waals surface area contributed by atoms with E-state index in [-0.39, 0.29) is 17.1 Å². The van der Waals surface area contributed by atoms with Crippen molar-refractivity contribution >= 4 is 25.1 Å². The van der Waals surface area contributed by atoms with Crippen LogP contribution >= 0.6 is 0 Å². The first-order valence-electron chi connectivity index (χ1n) is 5.68. The molecule has 0 aromatic heterocycles. The molecule has 1 aliphatic rings. The Hall–Kier alpha value is 0.256. The number of rotatable bonds is 5. The molecule has 0 spiro atoms. The van der Waals surface area contributed by atoms with E-state index in [1.165, 1.54) is 4.08 Å². The van der Waals surface area contributed by atoms with E-state index in [0.717, 1.165) is 12.8 Å². The molecule has 0 heterocycles. The van der Waals surface area contributed by atoms with Crippen LogP contribution < -0.4 is 0 Å². The second kappa shape index (κ2) is 11.1. The van der Waals surface area contributed by atoms with Crippen molar-refractivity contribution in [3.63, 3.8) is 0 Å². The van der Waals surface area contributed by atoms with Gasteiger partial charge in [0.1, 0.15) is 0 Å². The SMILES string of the molecule is C#CCCO[C@H]1C[C@H](C[CH2][Po])C[C@H](O)[C@@H]1O.O.O. The minimum Gasteiger partial charge on any atom is -0.412 e. The van der Waals surface area contributed by atoms with E-state index in [1.807, 2.05) is 0 Å². The van der Waals surface area contributed by atoms with Crippen LogP contribution in [0.15, 0.2) is 0 Å². The van der Waals surface area contributed by atoms with Gasteiger partial charge in [0.05, 0.1) is 0 Å². The van der Waals surface area contributed by atoms with Gasteiger partial charge in [-0.15, -0.1) is 0 Å². The number of hydrogen-bond acceptors (Lipinski definition) is 3. The summed E-state index contributed by atoms with van der Waals surface area (Å²) in [6.07, 6.45) is 6.72. The van der Waals surface area contributed by atoms with Crippen molar-refractivity contribution in [3.05, 3.63) is 0 Å². The van der Waals surface area contributed by atoms with Gasteiger partial charge in [-0.1, -0.05) is 0 Å². The average molecular weight is 456 g/mol. The minimum absolute atomic E-state index is 0. The molecule has 1 rings (SSSR count). The first kappa shape index (κ1) is 20.6. The summed E-state index contributed by atoms with van der Waals surface area (Å²) >= 11 is 1.57. The quantitative estimate of drug-likeness (QED) is 0.403. The summed E-state index contributed by atoms with van der Waals surface area (Å²) in [4.78, 5) is 0. The van der Waals surface area contributed by atoms with E-state index in [4.69, 9.17) is 11.2 Å². The second-order valence-corrected chi connectivity index (χ2v) is 5.84. The first-order chi connectivity index (χ1) is 7.69. The number of ether oxygens (including phenoxy) is 1. The van der Waals surface area contributed by atoms with Crippen LogP contribution in [0.1, 0.15) is 25.7 Å². The van der Waals surface area contributed by atoms with Crippen LogP contribution in [-0.4, -0.2) is 71.2 Å². The molecule has 1 aliphatic carbocycles. The zero-order chi connectivity index (χ0) is 12.0. The fraction of sp³-hybridized carbons (Fsp3) is 0.833. The molecule has 1 fully saturated rings. The number of aliphatic hydroxyl groups excluding tert-OH is 2. The van der Waals surface area contributed by atoms with E-state index in [0.29, 0.717) is 25.4 Å². The largest absolute Gasteiger partial charge is 0.412 e. The molecular formula is C12H23O5Po. The van der Waals surface area contributed by atoms with Gasteiger partial charge in [0.25, 0.3) is 0 Å². The molecule has 0 saturated heterocycles. The average Bonchev–Trinajstić information content (AvgIpc) is 2.25. The summed E-state index contributed by atoms with van der Waals surface area (Å²) < 4.78 is 6.72. The predicted molar refractivity (Wildman–Crippen MR) is 70.3 cm³/mol. The van der Waals surface area contributed by atoms with Crippen molar-refractivity contribution in [2.24, 2.45) is 5.92 Å². The Morgan fingerprint density at radius 1 is 1.28 bits per heavy atom. The predicted octanol–water partition coefficient (Wildman–Crippen LogP) is -1.15. The topological polar surface area (TPSA) is 113 Å². The zero-order valence-corrected chi connectivity index (χ0v) is 13.5. The summed E-state index contributed by atoms with van der Waals surface area (Å²) in [5.41, 5.74) is 0. The van der Waals surface area contributed by atoms with Gasteiger partial charge in [0.2, 0.25) is 0 Å². The van der Waals surface area contributed by atoms with Crippen LogP contribution in [0.25, 0.3) is 0 Å². The van der Waals surface area contributed by atoms with Crippen molar-refractivity contribution in [1.29, 1.82) is 0 Å². The summed E-state index contributed by atoms with van der Waals surface area (Å²) in [5.74, 6) is 2.98. The first-order valence-corrected chi connectivity index (χ1v) is 7.92. The summed E-state index contributed by atoms with van der Waals surface area (Å²) in [6.45, 7) is 0.467. The van der Waals surface area contributed by atoms with Gasteiger partial charge in [-0.05, 0) is 0 Å². The van der Waals surface area contributed by atoms with E-state index in [9.17, 15) is 10.2 Å². The summed E-state index contributed by atoms with van der Waals surface area (Å²) in [6, 6.07) is 0. The van der Waals surface area contributed by atoms with Gasteiger partial charge in [-0.3, -0.25) is 0 Å². The Balaban J connectivity index is 0. The second-order valence-electron chi connectivity index (χ2n) is 4.25. The molecule has 0 bridgehead atoms. The number of terminal acetylenes is 1. The van der Waals surface area contributed by atoms with E-state index < -0.39 is 12.2 Å². The van der Waals surface area contributed by atoms with E-state index >= 15 is 0 Å². The Bertz CT molecular complexity index is 243. The molecule has 0 unspecified atom stereocenters. The van der Waals surface area contributed by atoms with Crippen LogP contribution in [0.5, 0.6) is 0 Å². The van der Waals surface area contributed by atoms with Crippen molar-refractivity contribution in [3.8, 4) is 12.3 Å². The number of hydrogen-bond donors (Lipinski definition) is 2. The summed E-state index contributed by atoms with van der Waals surface area (Å²) in [7, 11) is 0. The molecule has 0 aromatic rings. The molecule has 0 amide bonds. The monoisotopic (exact) mass is 456 g/mol. The Labute approximate surface area is 124 Å². The smallest absolute Gasteiger partial charge is 0.412 e. The van der Waals surface area contributed by atoms with Crippen molar-refractivity contribution in [2.45, 2.75) is 48.1 Å². The van der Waals surface area contributed by atoms with Crippen LogP contribution in [-0.2, 0) is 4.74 Å². The minimum atomic E-state index is -0.752. The number of aliphatic hydroxyl groups is 2. The van der Waals surface area contributed by atoms with Crippen LogP contribution in [0, 0.1) is 18.3 Å². The third-order valence-electron chi connectivity index (χ3n) is 3.02. The van der Waals surface area contributed by atoms with Crippen LogP contribution in [0.4, 0.5) is 0 Å². The molecule has 5 nitrogen and oxygen atoms in total. The van der Waals surface area contributed by atoms with Gasteiger partial charge in [0, 0.05) is 0 Å². The van der Waals surface area contributed by atoms with Crippen LogP contribution in [0.3, 0.4) is 0 Å². The van der Waals surface area contributed by atoms with Crippen LogP contribution in [0.2, 0.25) is 4.08 Å². The van der Waals surface area contributed by atoms with Gasteiger partial charge >= 0.3 is 113 Å². The molecule has 107 valence electrons. The fourth-order valence-electron chi connectivity index (χ4n) is 2.13. The van der Waals surface area contributed by atoms with Gasteiger partial charge in [-0.2, -0.15) is 0 Å². The van der Waals surface area contributed by atoms with Crippen molar-refractivity contribution in [2.75, 3.05) is 6.61 Å². The molecule has 4 atom stereocenters. The molecular weight excluding hydrogens is 433 g/mol. The Morgan fingerprint density at radius 3 is 2.50 bits per heavy atom. The van der Waals surface area contributed by atoms with Gasteiger partial charge in [-0.25, -0.2) is 0 Å². The third-order valence-corrected chi connectivity index (χ3v) is 3.94. The zero-order valence-electron chi connectivity index (χ0n) is 10.3. The van der Waals surface area contributed by atoms with E-state index in [2.05, 4.69) is 5.92 Å². The van der Waals surface area contributed by atoms with Gasteiger partial charge in [0.15, 0.2) is 0 Å². The molecule has 1 saturated carbocycles. The molecule has 1 radical (unpaired) electrons.